The number of carbonyl (C=O) groups is 1. The van der Waals surface area contributed by atoms with Crippen LogP contribution >= 0.6 is 0 Å². The van der Waals surface area contributed by atoms with Crippen molar-refractivity contribution >= 4 is 6.29 Å². The molecule has 2 aromatic rings. The lowest BCUT2D eigenvalue weighted by atomic mass is 10.1. The largest absolute Gasteiger partial charge is 0.296 e. The van der Waals surface area contributed by atoms with Crippen molar-refractivity contribution < 1.29 is 4.79 Å². The van der Waals surface area contributed by atoms with Crippen LogP contribution in [0.2, 0.25) is 0 Å². The molecule has 0 saturated carbocycles. The topological polar surface area (TPSA) is 30.0 Å². The van der Waals surface area contributed by atoms with Gasteiger partial charge < -0.3 is 0 Å². The van der Waals surface area contributed by atoms with Crippen molar-refractivity contribution in [1.82, 2.24) is 4.98 Å². The van der Waals surface area contributed by atoms with Crippen LogP contribution in [0, 0.1) is 6.92 Å². The smallest absolute Gasteiger partial charge is 0.168 e. The number of nitrogens with zero attached hydrogens (tertiary/aromatic N) is 1. The zero-order valence-corrected chi connectivity index (χ0v) is 8.47. The summed E-state index contributed by atoms with van der Waals surface area (Å²) < 4.78 is 0. The molecule has 0 spiro atoms. The van der Waals surface area contributed by atoms with E-state index in [9.17, 15) is 4.79 Å². The van der Waals surface area contributed by atoms with Gasteiger partial charge in [0, 0.05) is 5.56 Å². The second-order valence-corrected chi connectivity index (χ2v) is 3.44. The van der Waals surface area contributed by atoms with Gasteiger partial charge in [0.15, 0.2) is 6.29 Å². The van der Waals surface area contributed by atoms with Crippen molar-refractivity contribution in [1.29, 1.82) is 0 Å². The summed E-state index contributed by atoms with van der Waals surface area (Å²) >= 11 is 0. The molecule has 1 aromatic heterocycles. The number of pyridine rings is 1. The first-order valence-corrected chi connectivity index (χ1v) is 4.79. The van der Waals surface area contributed by atoms with Crippen LogP contribution in [0.4, 0.5) is 0 Å². The molecule has 15 heavy (non-hydrogen) atoms. The third-order valence-corrected chi connectivity index (χ3v) is 2.21. The molecule has 1 aromatic carbocycles. The second-order valence-electron chi connectivity index (χ2n) is 3.44. The van der Waals surface area contributed by atoms with Gasteiger partial charge in [-0.3, -0.25) is 4.79 Å². The summed E-state index contributed by atoms with van der Waals surface area (Å²) in [7, 11) is 0. The van der Waals surface area contributed by atoms with Crippen molar-refractivity contribution in [3.8, 4) is 11.3 Å². The van der Waals surface area contributed by atoms with Crippen molar-refractivity contribution in [2.75, 3.05) is 0 Å². The minimum absolute atomic E-state index is 0.467. The van der Waals surface area contributed by atoms with E-state index in [1.807, 2.05) is 37.3 Å². The monoisotopic (exact) mass is 197 g/mol. The molecule has 0 aliphatic carbocycles. The Labute approximate surface area is 88.6 Å². The zero-order chi connectivity index (χ0) is 10.7. The van der Waals surface area contributed by atoms with Crippen LogP contribution in [-0.2, 0) is 0 Å². The lowest BCUT2D eigenvalue weighted by Crippen LogP contribution is -1.89. The van der Waals surface area contributed by atoms with E-state index in [2.05, 4.69) is 11.1 Å². The number of aryl methyl sites for hydroxylation is 1. The molecule has 0 N–H and O–H groups in total. The maximum Gasteiger partial charge on any atom is 0.168 e. The number of rotatable bonds is 2. The van der Waals surface area contributed by atoms with Gasteiger partial charge in [-0.05, 0) is 25.1 Å². The highest BCUT2D eigenvalue weighted by molar-refractivity contribution is 5.73. The standard InChI is InChI=1S/C13H11NO/c1-10-4-2-5-11(8-10)13-7-3-6-12(9-15)14-13/h2-9H,1H3. The molecule has 1 heterocycles. The van der Waals surface area contributed by atoms with E-state index in [-0.39, 0.29) is 0 Å². The average Bonchev–Trinajstić information content (AvgIpc) is 2.29. The Hall–Kier alpha value is -1.96. The van der Waals surface area contributed by atoms with Gasteiger partial charge in [-0.2, -0.15) is 0 Å². The van der Waals surface area contributed by atoms with Gasteiger partial charge in [0.1, 0.15) is 5.69 Å². The number of aldehydes is 1. The van der Waals surface area contributed by atoms with Gasteiger partial charge in [0.05, 0.1) is 5.69 Å². The van der Waals surface area contributed by atoms with Gasteiger partial charge in [0.25, 0.3) is 0 Å². The van der Waals surface area contributed by atoms with Crippen LogP contribution in [0.5, 0.6) is 0 Å². The summed E-state index contributed by atoms with van der Waals surface area (Å²) in [5.41, 5.74) is 3.53. The number of hydrogen-bond donors (Lipinski definition) is 0. The Morgan fingerprint density at radius 3 is 2.67 bits per heavy atom. The van der Waals surface area contributed by atoms with E-state index in [4.69, 9.17) is 0 Å². The third kappa shape index (κ3) is 2.10. The molecule has 0 atom stereocenters. The zero-order valence-electron chi connectivity index (χ0n) is 8.47. The van der Waals surface area contributed by atoms with Crippen LogP contribution < -0.4 is 0 Å². The molecule has 0 unspecified atom stereocenters. The van der Waals surface area contributed by atoms with E-state index in [1.54, 1.807) is 6.07 Å². The van der Waals surface area contributed by atoms with Gasteiger partial charge in [-0.1, -0.05) is 29.8 Å². The Morgan fingerprint density at radius 2 is 1.93 bits per heavy atom. The SMILES string of the molecule is Cc1cccc(-c2cccc(C=O)n2)c1. The van der Waals surface area contributed by atoms with Gasteiger partial charge in [-0.15, -0.1) is 0 Å². The van der Waals surface area contributed by atoms with Crippen LogP contribution in [0.1, 0.15) is 16.1 Å². The molecular weight excluding hydrogens is 186 g/mol. The number of aromatic nitrogens is 1. The number of carbonyl (C=O) groups excluding carboxylic acids is 1. The number of hydrogen-bond acceptors (Lipinski definition) is 2. The fraction of sp³-hybridized carbons (Fsp3) is 0.0769. The van der Waals surface area contributed by atoms with Gasteiger partial charge in [-0.25, -0.2) is 4.98 Å². The molecule has 0 bridgehead atoms. The first kappa shape index (κ1) is 9.59. The van der Waals surface area contributed by atoms with Crippen molar-refractivity contribution in [3.63, 3.8) is 0 Å². The molecule has 0 aliphatic rings. The van der Waals surface area contributed by atoms with E-state index >= 15 is 0 Å². The van der Waals surface area contributed by atoms with Gasteiger partial charge in [0.2, 0.25) is 0 Å². The molecule has 0 amide bonds. The molecule has 2 heteroatoms. The van der Waals surface area contributed by atoms with Crippen LogP contribution in [0.15, 0.2) is 42.5 Å². The Morgan fingerprint density at radius 1 is 1.13 bits per heavy atom. The Balaban J connectivity index is 2.49. The van der Waals surface area contributed by atoms with Crippen LogP contribution in [0.25, 0.3) is 11.3 Å². The number of benzene rings is 1. The third-order valence-electron chi connectivity index (χ3n) is 2.21. The molecule has 0 aliphatic heterocycles. The predicted molar refractivity (Wildman–Crippen MR) is 59.8 cm³/mol. The molecule has 2 rings (SSSR count). The summed E-state index contributed by atoms with van der Waals surface area (Å²) in [5.74, 6) is 0. The molecule has 0 radical (unpaired) electrons. The maximum atomic E-state index is 10.6. The van der Waals surface area contributed by atoms with Crippen molar-refractivity contribution in [2.24, 2.45) is 0 Å². The van der Waals surface area contributed by atoms with E-state index < -0.39 is 0 Å². The normalized spacial score (nSPS) is 9.93. The summed E-state index contributed by atoms with van der Waals surface area (Å²) in [6, 6.07) is 13.5. The minimum Gasteiger partial charge on any atom is -0.296 e. The minimum atomic E-state index is 0.467. The highest BCUT2D eigenvalue weighted by atomic mass is 16.1. The fourth-order valence-electron chi connectivity index (χ4n) is 1.48. The molecule has 74 valence electrons. The Bertz CT molecular complexity index is 491. The lowest BCUT2D eigenvalue weighted by Gasteiger charge is -2.02. The van der Waals surface area contributed by atoms with Crippen molar-refractivity contribution in [2.45, 2.75) is 6.92 Å². The summed E-state index contributed by atoms with van der Waals surface area (Å²) in [6.45, 7) is 2.03. The van der Waals surface area contributed by atoms with E-state index in [0.717, 1.165) is 17.5 Å². The molecule has 0 saturated heterocycles. The maximum absolute atomic E-state index is 10.6. The molecule has 2 nitrogen and oxygen atoms in total. The molecule has 0 fully saturated rings. The van der Waals surface area contributed by atoms with Crippen LogP contribution in [0.3, 0.4) is 0 Å². The van der Waals surface area contributed by atoms with Crippen molar-refractivity contribution in [3.05, 3.63) is 53.7 Å². The Kier molecular flexibility index (Phi) is 2.59. The summed E-state index contributed by atoms with van der Waals surface area (Å²) in [5, 5.41) is 0. The fourth-order valence-corrected chi connectivity index (χ4v) is 1.48. The second kappa shape index (κ2) is 4.05. The predicted octanol–water partition coefficient (Wildman–Crippen LogP) is 2.87. The summed E-state index contributed by atoms with van der Waals surface area (Å²) in [6.07, 6.45) is 0.763. The molecular formula is C13H11NO. The quantitative estimate of drug-likeness (QED) is 0.693. The van der Waals surface area contributed by atoms with Crippen LogP contribution in [-0.4, -0.2) is 11.3 Å². The highest BCUT2D eigenvalue weighted by Gasteiger charge is 2.00. The van der Waals surface area contributed by atoms with Gasteiger partial charge >= 0.3 is 0 Å². The highest BCUT2D eigenvalue weighted by Crippen LogP contribution is 2.17. The van der Waals surface area contributed by atoms with E-state index in [0.29, 0.717) is 5.69 Å². The first-order valence-electron chi connectivity index (χ1n) is 4.79. The summed E-state index contributed by atoms with van der Waals surface area (Å²) in [4.78, 5) is 14.8. The van der Waals surface area contributed by atoms with E-state index in [1.165, 1.54) is 5.56 Å². The first-order chi connectivity index (χ1) is 7.29. The average molecular weight is 197 g/mol. The lowest BCUT2D eigenvalue weighted by molar-refractivity contribution is 0.111.